The molecule has 0 bridgehead atoms. The Balaban J connectivity index is 1.83. The van der Waals surface area contributed by atoms with Crippen molar-refractivity contribution < 1.29 is 19.1 Å². The van der Waals surface area contributed by atoms with Gasteiger partial charge in [-0.25, -0.2) is 0 Å². The van der Waals surface area contributed by atoms with Crippen LogP contribution in [0.4, 0.5) is 11.4 Å². The zero-order valence-electron chi connectivity index (χ0n) is 14.0. The summed E-state index contributed by atoms with van der Waals surface area (Å²) in [5.41, 5.74) is 2.41. The molecule has 6 nitrogen and oxygen atoms in total. The number of ether oxygens (including phenoxy) is 2. The average Bonchev–Trinajstić information content (AvgIpc) is 2.61. The van der Waals surface area contributed by atoms with Crippen molar-refractivity contribution in [2.45, 2.75) is 6.92 Å². The lowest BCUT2D eigenvalue weighted by Crippen LogP contribution is -2.21. The number of nitrogens with one attached hydrogen (secondary N) is 2. The van der Waals surface area contributed by atoms with E-state index in [0.29, 0.717) is 22.7 Å². The summed E-state index contributed by atoms with van der Waals surface area (Å²) in [7, 11) is 1.52. The van der Waals surface area contributed by atoms with E-state index >= 15 is 0 Å². The van der Waals surface area contributed by atoms with Crippen LogP contribution in [0.2, 0.25) is 0 Å². The van der Waals surface area contributed by atoms with E-state index in [1.54, 1.807) is 24.3 Å². The first-order chi connectivity index (χ1) is 12.1. The van der Waals surface area contributed by atoms with E-state index in [-0.39, 0.29) is 18.4 Å². The van der Waals surface area contributed by atoms with Crippen molar-refractivity contribution in [3.63, 3.8) is 0 Å². The number of fused-ring (bicyclic) bond motifs is 1. The minimum absolute atomic E-state index is 0.191. The van der Waals surface area contributed by atoms with Crippen LogP contribution in [0.15, 0.2) is 48.0 Å². The number of carbonyl (C=O) groups excluding carboxylic acids is 2. The number of rotatable bonds is 4. The van der Waals surface area contributed by atoms with E-state index in [1.807, 2.05) is 24.3 Å². The number of anilines is 2. The minimum atomic E-state index is -0.284. The van der Waals surface area contributed by atoms with Gasteiger partial charge in [0.05, 0.1) is 18.4 Å². The van der Waals surface area contributed by atoms with Crippen molar-refractivity contribution in [3.05, 3.63) is 53.6 Å². The second-order valence-corrected chi connectivity index (χ2v) is 5.55. The number of carbonyl (C=O) groups is 2. The zero-order chi connectivity index (χ0) is 17.8. The summed E-state index contributed by atoms with van der Waals surface area (Å²) in [6, 6.07) is 12.6. The molecular formula is C19H18N2O4. The van der Waals surface area contributed by atoms with Crippen LogP contribution < -0.4 is 20.1 Å². The molecule has 25 heavy (non-hydrogen) atoms. The van der Waals surface area contributed by atoms with Gasteiger partial charge in [-0.15, -0.1) is 0 Å². The largest absolute Gasteiger partial charge is 0.495 e. The molecule has 1 aliphatic heterocycles. The Kier molecular flexibility index (Phi) is 4.70. The SMILES string of the molecule is COc1ccc(NC(C)=O)cc1NC(=O)C1=Cc2ccccc2OC1. The first-order valence-corrected chi connectivity index (χ1v) is 7.76. The van der Waals surface area contributed by atoms with Crippen LogP contribution in [0.5, 0.6) is 11.5 Å². The molecule has 0 atom stereocenters. The molecule has 3 rings (SSSR count). The van der Waals surface area contributed by atoms with Gasteiger partial charge in [-0.1, -0.05) is 18.2 Å². The zero-order valence-corrected chi connectivity index (χ0v) is 14.0. The smallest absolute Gasteiger partial charge is 0.255 e. The lowest BCUT2D eigenvalue weighted by molar-refractivity contribution is -0.114. The number of benzene rings is 2. The Bertz CT molecular complexity index is 858. The summed E-state index contributed by atoms with van der Waals surface area (Å²) in [5.74, 6) is 0.777. The number of hydrogen-bond donors (Lipinski definition) is 2. The topological polar surface area (TPSA) is 76.7 Å². The summed E-state index contributed by atoms with van der Waals surface area (Å²) in [6.07, 6.45) is 1.80. The second-order valence-electron chi connectivity index (χ2n) is 5.55. The van der Waals surface area contributed by atoms with Crippen molar-refractivity contribution in [2.75, 3.05) is 24.4 Å². The molecular weight excluding hydrogens is 320 g/mol. The fraction of sp³-hybridized carbons (Fsp3) is 0.158. The van der Waals surface area contributed by atoms with Gasteiger partial charge in [0.1, 0.15) is 18.1 Å². The molecule has 0 spiro atoms. The summed E-state index contributed by atoms with van der Waals surface area (Å²) >= 11 is 0. The highest BCUT2D eigenvalue weighted by Crippen LogP contribution is 2.30. The molecule has 2 amide bonds. The predicted molar refractivity (Wildman–Crippen MR) is 95.8 cm³/mol. The van der Waals surface area contributed by atoms with Crippen LogP contribution in [0.25, 0.3) is 6.08 Å². The van der Waals surface area contributed by atoms with Gasteiger partial charge in [0, 0.05) is 18.2 Å². The van der Waals surface area contributed by atoms with Crippen LogP contribution in [0, 0.1) is 0 Å². The van der Waals surface area contributed by atoms with Gasteiger partial charge in [-0.3, -0.25) is 9.59 Å². The van der Waals surface area contributed by atoms with Gasteiger partial charge < -0.3 is 20.1 Å². The molecule has 0 aromatic heterocycles. The van der Waals surface area contributed by atoms with Crippen molar-refractivity contribution in [1.82, 2.24) is 0 Å². The fourth-order valence-corrected chi connectivity index (χ4v) is 2.54. The third kappa shape index (κ3) is 3.80. The molecule has 2 aromatic carbocycles. The third-order valence-electron chi connectivity index (χ3n) is 3.69. The van der Waals surface area contributed by atoms with E-state index < -0.39 is 0 Å². The van der Waals surface area contributed by atoms with Gasteiger partial charge in [-0.2, -0.15) is 0 Å². The van der Waals surface area contributed by atoms with Gasteiger partial charge in [-0.05, 0) is 30.3 Å². The molecule has 1 heterocycles. The molecule has 6 heteroatoms. The summed E-state index contributed by atoms with van der Waals surface area (Å²) in [6.45, 7) is 1.61. The number of hydrogen-bond acceptors (Lipinski definition) is 4. The third-order valence-corrected chi connectivity index (χ3v) is 3.69. The first kappa shape index (κ1) is 16.6. The Morgan fingerprint density at radius 2 is 1.92 bits per heavy atom. The van der Waals surface area contributed by atoms with E-state index in [4.69, 9.17) is 9.47 Å². The standard InChI is InChI=1S/C19H18N2O4/c1-12(22)20-15-7-8-18(24-2)16(10-15)21-19(23)14-9-13-5-3-4-6-17(13)25-11-14/h3-10H,11H2,1-2H3,(H,20,22)(H,21,23). The van der Waals surface area contributed by atoms with Crippen LogP contribution in [0.3, 0.4) is 0 Å². The van der Waals surface area contributed by atoms with Crippen molar-refractivity contribution in [1.29, 1.82) is 0 Å². The maximum Gasteiger partial charge on any atom is 0.255 e. The lowest BCUT2D eigenvalue weighted by Gasteiger charge is -2.18. The highest BCUT2D eigenvalue weighted by molar-refractivity contribution is 6.08. The molecule has 2 N–H and O–H groups in total. The van der Waals surface area contributed by atoms with E-state index in [0.717, 1.165) is 11.3 Å². The molecule has 0 radical (unpaired) electrons. The summed E-state index contributed by atoms with van der Waals surface area (Å²) in [5, 5.41) is 5.49. The fourth-order valence-electron chi connectivity index (χ4n) is 2.54. The van der Waals surface area contributed by atoms with Gasteiger partial charge >= 0.3 is 0 Å². The molecule has 1 aliphatic rings. The van der Waals surface area contributed by atoms with Gasteiger partial charge in [0.2, 0.25) is 5.91 Å². The maximum absolute atomic E-state index is 12.6. The van der Waals surface area contributed by atoms with E-state index in [9.17, 15) is 9.59 Å². The lowest BCUT2D eigenvalue weighted by atomic mass is 10.1. The van der Waals surface area contributed by atoms with Crippen LogP contribution >= 0.6 is 0 Å². The maximum atomic E-state index is 12.6. The molecule has 2 aromatic rings. The Morgan fingerprint density at radius 3 is 2.68 bits per heavy atom. The Labute approximate surface area is 145 Å². The predicted octanol–water partition coefficient (Wildman–Crippen LogP) is 3.07. The quantitative estimate of drug-likeness (QED) is 0.898. The van der Waals surface area contributed by atoms with E-state index in [1.165, 1.54) is 14.0 Å². The van der Waals surface area contributed by atoms with E-state index in [2.05, 4.69) is 10.6 Å². The molecule has 0 aliphatic carbocycles. The highest BCUT2D eigenvalue weighted by Gasteiger charge is 2.18. The minimum Gasteiger partial charge on any atom is -0.495 e. The van der Waals surface area contributed by atoms with Gasteiger partial charge in [0.15, 0.2) is 0 Å². The monoisotopic (exact) mass is 338 g/mol. The van der Waals surface area contributed by atoms with Gasteiger partial charge in [0.25, 0.3) is 5.91 Å². The number of amides is 2. The normalized spacial score (nSPS) is 12.3. The van der Waals surface area contributed by atoms with Crippen LogP contribution in [-0.2, 0) is 9.59 Å². The number of methoxy groups -OCH3 is 1. The Hall–Kier alpha value is -3.28. The van der Waals surface area contributed by atoms with Crippen molar-refractivity contribution in [2.24, 2.45) is 0 Å². The van der Waals surface area contributed by atoms with Crippen LogP contribution in [0.1, 0.15) is 12.5 Å². The van der Waals surface area contributed by atoms with Crippen LogP contribution in [-0.4, -0.2) is 25.5 Å². The molecule has 0 unspecified atom stereocenters. The molecule has 0 saturated heterocycles. The van der Waals surface area contributed by atoms with Crippen molar-refractivity contribution >= 4 is 29.3 Å². The Morgan fingerprint density at radius 1 is 1.12 bits per heavy atom. The molecule has 128 valence electrons. The average molecular weight is 338 g/mol. The highest BCUT2D eigenvalue weighted by atomic mass is 16.5. The summed E-state index contributed by atoms with van der Waals surface area (Å²) < 4.78 is 10.9. The molecule has 0 saturated carbocycles. The first-order valence-electron chi connectivity index (χ1n) is 7.76. The summed E-state index contributed by atoms with van der Waals surface area (Å²) in [4.78, 5) is 23.8. The van der Waals surface area contributed by atoms with Crippen molar-refractivity contribution in [3.8, 4) is 11.5 Å². The molecule has 0 fully saturated rings. The number of para-hydroxylation sites is 1. The second kappa shape index (κ2) is 7.09.